The maximum Gasteiger partial charge on any atom is 0.416 e. The highest BCUT2D eigenvalue weighted by molar-refractivity contribution is 7.94. The van der Waals surface area contributed by atoms with E-state index in [2.05, 4.69) is 6.58 Å². The zero-order valence-corrected chi connectivity index (χ0v) is 12.9. The molecule has 0 N–H and O–H groups in total. The molecule has 1 heterocycles. The second-order valence-corrected chi connectivity index (χ2v) is 7.34. The third-order valence-electron chi connectivity index (χ3n) is 2.82. The highest BCUT2D eigenvalue weighted by atomic mass is 32.2. The third kappa shape index (κ3) is 3.33. The number of benzene rings is 1. The van der Waals surface area contributed by atoms with Gasteiger partial charge in [-0.25, -0.2) is 8.42 Å². The number of halogens is 3. The Hall–Kier alpha value is -1.80. The summed E-state index contributed by atoms with van der Waals surface area (Å²) < 4.78 is 63.9. The molecule has 0 fully saturated rings. The smallest absolute Gasteiger partial charge is 0.262 e. The molecule has 0 radical (unpaired) electrons. The molecule has 0 aliphatic heterocycles. The summed E-state index contributed by atoms with van der Waals surface area (Å²) in [5.74, 6) is 0. The lowest BCUT2D eigenvalue weighted by atomic mass is 10.2. The maximum atomic E-state index is 12.6. The van der Waals surface area contributed by atoms with Gasteiger partial charge in [-0.05, 0) is 35.7 Å². The molecule has 0 saturated carbocycles. The monoisotopic (exact) mass is 347 g/mol. The molecule has 0 aliphatic rings. The molecule has 3 nitrogen and oxygen atoms in total. The lowest BCUT2D eigenvalue weighted by molar-refractivity contribution is -0.137. The number of hydrogen-bond donors (Lipinski definition) is 0. The molecule has 0 aliphatic carbocycles. The average molecular weight is 347 g/mol. The van der Waals surface area contributed by atoms with E-state index in [9.17, 15) is 21.6 Å². The van der Waals surface area contributed by atoms with E-state index in [-0.39, 0.29) is 16.4 Å². The van der Waals surface area contributed by atoms with E-state index in [0.29, 0.717) is 0 Å². The Morgan fingerprint density at radius 3 is 2.27 bits per heavy atom. The minimum Gasteiger partial charge on any atom is -0.262 e. The second-order valence-electron chi connectivity index (χ2n) is 4.30. The molecule has 0 saturated heterocycles. The number of nitrogens with zero attached hydrogens (tertiary/aromatic N) is 1. The molecule has 2 rings (SSSR count). The van der Waals surface area contributed by atoms with Gasteiger partial charge < -0.3 is 0 Å². The van der Waals surface area contributed by atoms with Crippen molar-refractivity contribution in [2.75, 3.05) is 10.8 Å². The van der Waals surface area contributed by atoms with Crippen LogP contribution in [0, 0.1) is 0 Å². The van der Waals surface area contributed by atoms with E-state index in [4.69, 9.17) is 0 Å². The third-order valence-corrected chi connectivity index (χ3v) is 5.98. The molecule has 0 unspecified atom stereocenters. The van der Waals surface area contributed by atoms with Crippen molar-refractivity contribution < 1.29 is 21.6 Å². The van der Waals surface area contributed by atoms with Gasteiger partial charge in [0.1, 0.15) is 4.21 Å². The van der Waals surface area contributed by atoms with Gasteiger partial charge in [0.2, 0.25) is 0 Å². The minimum atomic E-state index is -4.46. The summed E-state index contributed by atoms with van der Waals surface area (Å²) in [6.45, 7) is 3.46. The molecule has 0 bridgehead atoms. The first-order valence-corrected chi connectivity index (χ1v) is 8.43. The summed E-state index contributed by atoms with van der Waals surface area (Å²) in [5.41, 5.74) is -0.676. The average Bonchev–Trinajstić information content (AvgIpc) is 2.98. The van der Waals surface area contributed by atoms with Gasteiger partial charge in [0.25, 0.3) is 10.0 Å². The van der Waals surface area contributed by atoms with Crippen LogP contribution in [0.4, 0.5) is 18.9 Å². The normalized spacial score (nSPS) is 12.1. The number of rotatable bonds is 5. The molecule has 8 heteroatoms. The first-order valence-electron chi connectivity index (χ1n) is 6.11. The molecule has 0 spiro atoms. The molecule has 0 atom stereocenters. The van der Waals surface area contributed by atoms with Gasteiger partial charge in [-0.15, -0.1) is 17.9 Å². The predicted molar refractivity (Wildman–Crippen MR) is 80.5 cm³/mol. The summed E-state index contributed by atoms with van der Waals surface area (Å²) in [6, 6.07) is 7.02. The minimum absolute atomic E-state index is 0.0361. The van der Waals surface area contributed by atoms with E-state index in [0.717, 1.165) is 39.9 Å². The molecular formula is C14H12F3NO2S2. The summed E-state index contributed by atoms with van der Waals surface area (Å²) in [7, 11) is -3.82. The van der Waals surface area contributed by atoms with Crippen LogP contribution in [0.2, 0.25) is 0 Å². The molecular weight excluding hydrogens is 335 g/mol. The van der Waals surface area contributed by atoms with Crippen LogP contribution in [0.1, 0.15) is 5.56 Å². The van der Waals surface area contributed by atoms with Crippen LogP contribution < -0.4 is 4.31 Å². The van der Waals surface area contributed by atoms with Gasteiger partial charge in [0, 0.05) is 0 Å². The van der Waals surface area contributed by atoms with Crippen LogP contribution in [0.5, 0.6) is 0 Å². The van der Waals surface area contributed by atoms with Crippen molar-refractivity contribution in [1.82, 2.24) is 0 Å². The topological polar surface area (TPSA) is 37.4 Å². The fourth-order valence-corrected chi connectivity index (χ4v) is 4.34. The molecule has 118 valence electrons. The Labute approximate surface area is 130 Å². The van der Waals surface area contributed by atoms with Crippen LogP contribution in [0.3, 0.4) is 0 Å². The lowest BCUT2D eigenvalue weighted by Gasteiger charge is -2.22. The molecule has 2 aromatic rings. The van der Waals surface area contributed by atoms with E-state index in [1.807, 2.05) is 0 Å². The van der Waals surface area contributed by atoms with Crippen LogP contribution in [0.15, 0.2) is 58.6 Å². The Balaban J connectivity index is 2.43. The Bertz CT molecular complexity index is 735. The van der Waals surface area contributed by atoms with Crippen LogP contribution in [-0.4, -0.2) is 15.0 Å². The number of thiophene rings is 1. The van der Waals surface area contributed by atoms with Gasteiger partial charge in [-0.3, -0.25) is 4.31 Å². The van der Waals surface area contributed by atoms with Crippen LogP contribution >= 0.6 is 11.3 Å². The SMILES string of the molecule is C=CCN(c1ccc(C(F)(F)F)cc1)S(=O)(=O)c1cccs1. The number of anilines is 1. The van der Waals surface area contributed by atoms with Crippen LogP contribution in [0.25, 0.3) is 0 Å². The second kappa shape index (κ2) is 6.13. The summed E-state index contributed by atoms with van der Waals surface area (Å²) in [4.78, 5) is 0. The van der Waals surface area contributed by atoms with Gasteiger partial charge in [-0.1, -0.05) is 12.1 Å². The molecule has 0 amide bonds. The van der Waals surface area contributed by atoms with E-state index in [1.165, 1.54) is 12.1 Å². The van der Waals surface area contributed by atoms with Crippen molar-refractivity contribution in [2.24, 2.45) is 0 Å². The standard InChI is InChI=1S/C14H12F3NO2S2/c1-2-9-18(22(19,20)13-4-3-10-21-13)12-7-5-11(6-8-12)14(15,16)17/h2-8,10H,1,9H2. The van der Waals surface area contributed by atoms with Gasteiger partial charge in [0.05, 0.1) is 17.8 Å². The largest absolute Gasteiger partial charge is 0.416 e. The zero-order valence-electron chi connectivity index (χ0n) is 11.2. The Kier molecular flexibility index (Phi) is 4.62. The molecule has 1 aromatic heterocycles. The number of hydrogen-bond acceptors (Lipinski definition) is 3. The Morgan fingerprint density at radius 2 is 1.82 bits per heavy atom. The van der Waals surface area contributed by atoms with Crippen molar-refractivity contribution in [1.29, 1.82) is 0 Å². The fourth-order valence-electron chi connectivity index (χ4n) is 1.80. The summed E-state index contributed by atoms with van der Waals surface area (Å²) in [6.07, 6.45) is -3.09. The van der Waals surface area contributed by atoms with Gasteiger partial charge in [-0.2, -0.15) is 13.2 Å². The van der Waals surface area contributed by atoms with Crippen molar-refractivity contribution in [3.8, 4) is 0 Å². The first-order chi connectivity index (χ1) is 10.3. The Morgan fingerprint density at radius 1 is 1.18 bits per heavy atom. The molecule has 1 aromatic carbocycles. The van der Waals surface area contributed by atoms with Crippen molar-refractivity contribution >= 4 is 27.0 Å². The fraction of sp³-hybridized carbons (Fsp3) is 0.143. The zero-order chi connectivity index (χ0) is 16.4. The van der Waals surface area contributed by atoms with E-state index >= 15 is 0 Å². The lowest BCUT2D eigenvalue weighted by Crippen LogP contribution is -2.30. The van der Waals surface area contributed by atoms with Crippen LogP contribution in [-0.2, 0) is 16.2 Å². The van der Waals surface area contributed by atoms with E-state index in [1.54, 1.807) is 11.4 Å². The van der Waals surface area contributed by atoms with Crippen molar-refractivity contribution in [3.05, 3.63) is 60.0 Å². The van der Waals surface area contributed by atoms with E-state index < -0.39 is 21.8 Å². The quantitative estimate of drug-likeness (QED) is 0.762. The molecule has 22 heavy (non-hydrogen) atoms. The predicted octanol–water partition coefficient (Wildman–Crippen LogP) is 4.15. The highest BCUT2D eigenvalue weighted by Gasteiger charge is 2.31. The number of sulfonamides is 1. The highest BCUT2D eigenvalue weighted by Crippen LogP contribution is 2.32. The maximum absolute atomic E-state index is 12.6. The van der Waals surface area contributed by atoms with Gasteiger partial charge in [0.15, 0.2) is 0 Å². The van der Waals surface area contributed by atoms with Crippen molar-refractivity contribution in [2.45, 2.75) is 10.4 Å². The summed E-state index contributed by atoms with van der Waals surface area (Å²) in [5, 5.41) is 1.62. The van der Waals surface area contributed by atoms with Gasteiger partial charge >= 0.3 is 6.18 Å². The summed E-state index contributed by atoms with van der Waals surface area (Å²) >= 11 is 1.04. The first kappa shape index (κ1) is 16.6. The van der Waals surface area contributed by atoms with Crippen molar-refractivity contribution in [3.63, 3.8) is 0 Å². The number of alkyl halides is 3.